The Hall–Kier alpha value is -0.554. The maximum absolute atomic E-state index is 12.7. The van der Waals surface area contributed by atoms with E-state index in [0.717, 1.165) is 21.5 Å². The average molecular weight is 549 g/mol. The third-order valence-electron chi connectivity index (χ3n) is 4.90. The fourth-order valence-electron chi connectivity index (χ4n) is 3.29. The average Bonchev–Trinajstić information content (AvgIpc) is 3.46. The van der Waals surface area contributed by atoms with Crippen LogP contribution in [0.4, 0.5) is 0 Å². The van der Waals surface area contributed by atoms with Crippen molar-refractivity contribution in [1.82, 2.24) is 15.2 Å². The van der Waals surface area contributed by atoms with E-state index in [9.17, 15) is 24.3 Å². The van der Waals surface area contributed by atoms with E-state index in [4.69, 9.17) is 5.73 Å². The number of fused-ring (bicyclic) bond motifs is 1. The number of amides is 2. The van der Waals surface area contributed by atoms with Crippen LogP contribution in [-0.4, -0.2) is 55.7 Å². The zero-order valence-electron chi connectivity index (χ0n) is 17.6. The molecule has 2 aliphatic rings. The minimum absolute atomic E-state index is 0. The second kappa shape index (κ2) is 11.5. The number of aromatic nitrogens is 1. The zero-order valence-corrected chi connectivity index (χ0v) is 24.0. The van der Waals surface area contributed by atoms with E-state index in [0.29, 0.717) is 16.1 Å². The van der Waals surface area contributed by atoms with Crippen LogP contribution >= 0.6 is 46.2 Å². The van der Waals surface area contributed by atoms with Crippen LogP contribution < -0.4 is 67.5 Å². The zero-order chi connectivity index (χ0) is 23.0. The third-order valence-corrected chi connectivity index (χ3v) is 8.93. The number of rotatable bonds is 7. The Balaban J connectivity index is 0.00000306. The van der Waals surface area contributed by atoms with Gasteiger partial charge in [0.2, 0.25) is 11.0 Å². The van der Waals surface area contributed by atoms with Crippen LogP contribution in [0.15, 0.2) is 34.3 Å². The molecule has 4 heterocycles. The predicted octanol–water partition coefficient (Wildman–Crippen LogP) is -2.51. The van der Waals surface area contributed by atoms with Crippen LogP contribution in [0.1, 0.15) is 26.3 Å². The molecule has 0 spiro atoms. The number of hydrogen-bond acceptors (Lipinski definition) is 11. The quantitative estimate of drug-likeness (QED) is 0.283. The molecule has 2 aromatic heterocycles. The van der Waals surface area contributed by atoms with Gasteiger partial charge in [0, 0.05) is 22.6 Å². The molecule has 1 saturated heterocycles. The number of thioether (sulfide) groups is 2. The van der Waals surface area contributed by atoms with Crippen molar-refractivity contribution in [3.63, 3.8) is 0 Å². The van der Waals surface area contributed by atoms with E-state index in [1.807, 2.05) is 6.92 Å². The van der Waals surface area contributed by atoms with Crippen molar-refractivity contribution in [2.75, 3.05) is 11.5 Å². The van der Waals surface area contributed by atoms with Crippen LogP contribution in [0.3, 0.4) is 0 Å². The van der Waals surface area contributed by atoms with E-state index in [2.05, 4.69) is 10.3 Å². The second-order valence-electron chi connectivity index (χ2n) is 7.02. The number of nitrogens with one attached hydrogen (secondary N) is 1. The van der Waals surface area contributed by atoms with Crippen molar-refractivity contribution in [3.05, 3.63) is 49.7 Å². The SMILES string of the molecule is Cc1cnc(C(=O)SCC2=C(C(=O)[O-])N3C(=O)C(NC(=O)C(N)c4ccsc4)[C@@H]3SC2)s1.[K+]. The van der Waals surface area contributed by atoms with Crippen molar-refractivity contribution in [2.45, 2.75) is 24.4 Å². The summed E-state index contributed by atoms with van der Waals surface area (Å²) in [4.78, 5) is 55.4. The first kappa shape index (κ1) is 27.0. The molecule has 2 aromatic rings. The van der Waals surface area contributed by atoms with Crippen LogP contribution in [0.2, 0.25) is 0 Å². The summed E-state index contributed by atoms with van der Waals surface area (Å²) < 4.78 is 0. The van der Waals surface area contributed by atoms with Crippen molar-refractivity contribution >= 4 is 69.1 Å². The monoisotopic (exact) mass is 548 g/mol. The van der Waals surface area contributed by atoms with Gasteiger partial charge < -0.3 is 21.0 Å². The van der Waals surface area contributed by atoms with Crippen molar-refractivity contribution in [2.24, 2.45) is 5.73 Å². The smallest absolute Gasteiger partial charge is 0.543 e. The molecule has 1 fully saturated rings. The number of carbonyl (C=O) groups is 4. The summed E-state index contributed by atoms with van der Waals surface area (Å²) in [6, 6.07) is -0.0602. The predicted molar refractivity (Wildman–Crippen MR) is 122 cm³/mol. The number of nitrogens with zero attached hydrogens (tertiary/aromatic N) is 2. The minimum atomic E-state index is -1.49. The van der Waals surface area contributed by atoms with Gasteiger partial charge in [-0.1, -0.05) is 11.8 Å². The molecular weight excluding hydrogens is 532 g/mol. The van der Waals surface area contributed by atoms with Gasteiger partial charge in [0.05, 0.1) is 11.7 Å². The normalized spacial score (nSPS) is 20.4. The van der Waals surface area contributed by atoms with Crippen molar-refractivity contribution in [1.29, 1.82) is 0 Å². The van der Waals surface area contributed by atoms with Gasteiger partial charge in [-0.05, 0) is 34.9 Å². The number of carboxylic acid groups (broad SMARTS) is 1. The molecule has 2 aliphatic heterocycles. The van der Waals surface area contributed by atoms with Gasteiger partial charge in [0.1, 0.15) is 17.5 Å². The first-order valence-electron chi connectivity index (χ1n) is 9.33. The van der Waals surface area contributed by atoms with Gasteiger partial charge in [-0.25, -0.2) is 4.98 Å². The molecule has 33 heavy (non-hydrogen) atoms. The van der Waals surface area contributed by atoms with Gasteiger partial charge in [0.15, 0.2) is 5.01 Å². The summed E-state index contributed by atoms with van der Waals surface area (Å²) in [5, 5.41) is 17.5. The van der Waals surface area contributed by atoms with Gasteiger partial charge in [-0.3, -0.25) is 19.3 Å². The molecular formula is C19H17KN4O5S4. The van der Waals surface area contributed by atoms with Gasteiger partial charge in [-0.15, -0.1) is 23.1 Å². The molecule has 14 heteroatoms. The molecule has 0 bridgehead atoms. The molecule has 168 valence electrons. The number of aryl methyl sites for hydroxylation is 1. The molecule has 9 nitrogen and oxygen atoms in total. The second-order valence-corrected chi connectivity index (χ2v) is 11.1. The number of carbonyl (C=O) groups excluding carboxylic acids is 4. The first-order valence-corrected chi connectivity index (χ1v) is 13.1. The summed E-state index contributed by atoms with van der Waals surface area (Å²) >= 11 is 4.93. The standard InChI is InChI=1S/C19H18N4O5S4.K/c1-8-4-21-15(32-8)19(28)31-7-10-6-30-17-12(16(25)23(17)13(10)18(26)27)22-14(24)11(20)9-2-3-29-5-9;/h2-5,11-12,17H,6-7,20H2,1H3,(H,22,24)(H,26,27);/q;+1/p-1/t11?,12?,17-;/m0./s1. The Morgan fingerprint density at radius 2 is 2.18 bits per heavy atom. The summed E-state index contributed by atoms with van der Waals surface area (Å²) in [6.45, 7) is 1.84. The van der Waals surface area contributed by atoms with E-state index in [-0.39, 0.29) is 73.7 Å². The van der Waals surface area contributed by atoms with Gasteiger partial charge in [-0.2, -0.15) is 11.3 Å². The largest absolute Gasteiger partial charge is 1.00 e. The minimum Gasteiger partial charge on any atom is -0.543 e. The van der Waals surface area contributed by atoms with Crippen molar-refractivity contribution < 1.29 is 75.7 Å². The van der Waals surface area contributed by atoms with Gasteiger partial charge in [0.25, 0.3) is 5.91 Å². The maximum atomic E-state index is 12.7. The first-order chi connectivity index (χ1) is 15.3. The number of nitrogens with two attached hydrogens (primary N) is 1. The summed E-state index contributed by atoms with van der Waals surface area (Å²) in [6.07, 6.45) is 1.60. The number of thiazole rings is 1. The molecule has 3 N–H and O–H groups in total. The van der Waals surface area contributed by atoms with Crippen LogP contribution in [-0.2, 0) is 14.4 Å². The Morgan fingerprint density at radius 3 is 2.79 bits per heavy atom. The van der Waals surface area contributed by atoms with E-state index in [1.165, 1.54) is 34.4 Å². The molecule has 0 saturated carbocycles. The molecule has 2 unspecified atom stereocenters. The summed E-state index contributed by atoms with van der Waals surface area (Å²) in [5.74, 6) is -2.15. The third kappa shape index (κ3) is 5.65. The molecule has 0 aliphatic carbocycles. The topological polar surface area (TPSA) is 146 Å². The fourth-order valence-corrected chi connectivity index (χ4v) is 7.09. The number of aliphatic carboxylic acids is 1. The molecule has 3 atom stereocenters. The molecule has 4 rings (SSSR count). The van der Waals surface area contributed by atoms with E-state index >= 15 is 0 Å². The van der Waals surface area contributed by atoms with Crippen molar-refractivity contribution in [3.8, 4) is 0 Å². The van der Waals surface area contributed by atoms with E-state index < -0.39 is 35.2 Å². The number of β-lactam (4-membered cyclic amide) rings is 1. The molecule has 0 aromatic carbocycles. The Kier molecular flexibility index (Phi) is 9.39. The Bertz CT molecular complexity index is 1120. The van der Waals surface area contributed by atoms with Gasteiger partial charge >= 0.3 is 51.4 Å². The fraction of sp³-hybridized carbons (Fsp3) is 0.316. The Morgan fingerprint density at radius 1 is 1.42 bits per heavy atom. The van der Waals surface area contributed by atoms with Crippen LogP contribution in [0, 0.1) is 6.92 Å². The van der Waals surface area contributed by atoms with Crippen LogP contribution in [0.5, 0.6) is 0 Å². The Labute approximate surface area is 248 Å². The number of thiophene rings is 1. The molecule has 2 amide bonds. The molecule has 0 radical (unpaired) electrons. The number of carboxylic acids is 1. The summed E-state index contributed by atoms with van der Waals surface area (Å²) in [7, 11) is 0. The summed E-state index contributed by atoms with van der Waals surface area (Å²) in [5.41, 5.74) is 6.78. The van der Waals surface area contributed by atoms with Crippen LogP contribution in [0.25, 0.3) is 0 Å². The number of hydrogen-bond donors (Lipinski definition) is 2. The van der Waals surface area contributed by atoms with E-state index in [1.54, 1.807) is 23.0 Å². The maximum Gasteiger partial charge on any atom is 1.00 e.